The third-order valence-corrected chi connectivity index (χ3v) is 4.89. The number of nitrogens with zero attached hydrogens (tertiary/aromatic N) is 4. The van der Waals surface area contributed by atoms with Crippen LogP contribution in [0.1, 0.15) is 27.0 Å². The summed E-state index contributed by atoms with van der Waals surface area (Å²) in [4.78, 5) is 19.8. The summed E-state index contributed by atoms with van der Waals surface area (Å²) < 4.78 is 7.12. The van der Waals surface area contributed by atoms with Crippen LogP contribution in [0.15, 0.2) is 67.1 Å². The number of hydrogen-bond acceptors (Lipinski definition) is 5. The summed E-state index contributed by atoms with van der Waals surface area (Å²) in [7, 11) is 1.58. The molecule has 0 aliphatic rings. The fourth-order valence-corrected chi connectivity index (χ4v) is 3.34. The first-order chi connectivity index (χ1) is 15.1. The molecule has 3 heterocycles. The van der Waals surface area contributed by atoms with Crippen LogP contribution in [-0.2, 0) is 6.54 Å². The summed E-state index contributed by atoms with van der Waals surface area (Å²) in [6, 6.07) is 16.0. The molecule has 0 spiro atoms. The van der Waals surface area contributed by atoms with Gasteiger partial charge in [-0.2, -0.15) is 5.26 Å². The van der Waals surface area contributed by atoms with E-state index in [0.717, 1.165) is 22.2 Å². The quantitative estimate of drug-likeness (QED) is 0.477. The molecule has 0 aliphatic heterocycles. The molecule has 0 aliphatic carbocycles. The second-order valence-corrected chi connectivity index (χ2v) is 6.85. The SMILES string of the molecule is COc1ccc(Cn2cc(C=C(C#N)c3ccc(C(=O)O)cc3)c3cccnc32)cn1. The van der Waals surface area contributed by atoms with Crippen molar-refractivity contribution in [2.75, 3.05) is 7.11 Å². The monoisotopic (exact) mass is 410 g/mol. The molecule has 31 heavy (non-hydrogen) atoms. The third-order valence-electron chi connectivity index (χ3n) is 4.89. The molecule has 0 radical (unpaired) electrons. The zero-order valence-corrected chi connectivity index (χ0v) is 16.7. The Morgan fingerprint density at radius 2 is 1.94 bits per heavy atom. The summed E-state index contributed by atoms with van der Waals surface area (Å²) in [5.74, 6) is -0.452. The number of benzene rings is 1. The minimum atomic E-state index is -1.00. The molecule has 7 nitrogen and oxygen atoms in total. The molecule has 1 aromatic carbocycles. The van der Waals surface area contributed by atoms with Crippen LogP contribution in [0.25, 0.3) is 22.7 Å². The molecule has 0 fully saturated rings. The topological polar surface area (TPSA) is 101 Å². The van der Waals surface area contributed by atoms with Gasteiger partial charge in [0.25, 0.3) is 0 Å². The lowest BCUT2D eigenvalue weighted by atomic mass is 10.0. The van der Waals surface area contributed by atoms with E-state index in [2.05, 4.69) is 16.0 Å². The largest absolute Gasteiger partial charge is 0.481 e. The molecule has 152 valence electrons. The molecular weight excluding hydrogens is 392 g/mol. The Bertz CT molecular complexity index is 1310. The molecule has 0 unspecified atom stereocenters. The first-order valence-electron chi connectivity index (χ1n) is 9.47. The number of allylic oxidation sites excluding steroid dienone is 1. The first-order valence-corrected chi connectivity index (χ1v) is 9.47. The third kappa shape index (κ3) is 4.14. The number of carboxylic acids is 1. The number of hydrogen-bond donors (Lipinski definition) is 1. The van der Waals surface area contributed by atoms with Gasteiger partial charge in [0.2, 0.25) is 5.88 Å². The van der Waals surface area contributed by atoms with Gasteiger partial charge in [0.05, 0.1) is 30.9 Å². The number of carboxylic acid groups (broad SMARTS) is 1. The van der Waals surface area contributed by atoms with Crippen molar-refractivity contribution < 1.29 is 14.6 Å². The minimum absolute atomic E-state index is 0.176. The van der Waals surface area contributed by atoms with E-state index < -0.39 is 5.97 Å². The number of rotatable bonds is 6. The summed E-state index contributed by atoms with van der Waals surface area (Å²) in [5.41, 5.74) is 3.90. The van der Waals surface area contributed by atoms with Gasteiger partial charge in [-0.1, -0.05) is 18.2 Å². The van der Waals surface area contributed by atoms with E-state index in [1.165, 1.54) is 12.1 Å². The Labute approximate surface area is 178 Å². The Morgan fingerprint density at radius 1 is 1.16 bits per heavy atom. The van der Waals surface area contributed by atoms with Crippen molar-refractivity contribution >= 4 is 28.7 Å². The lowest BCUT2D eigenvalue weighted by molar-refractivity contribution is 0.0697. The zero-order valence-electron chi connectivity index (χ0n) is 16.7. The smallest absolute Gasteiger partial charge is 0.335 e. The maximum Gasteiger partial charge on any atom is 0.335 e. The van der Waals surface area contributed by atoms with E-state index in [4.69, 9.17) is 9.84 Å². The average Bonchev–Trinajstić information content (AvgIpc) is 3.15. The standard InChI is InChI=1S/C24H18N4O3/c1-31-22-9-4-16(13-27-22)14-28-15-20(21-3-2-10-26-23(21)28)11-19(12-25)17-5-7-18(8-6-17)24(29)30/h2-11,13,15H,14H2,1H3,(H,29,30). The van der Waals surface area contributed by atoms with Crippen LogP contribution in [0.4, 0.5) is 0 Å². The van der Waals surface area contributed by atoms with Crippen molar-refractivity contribution in [3.63, 3.8) is 0 Å². The highest BCUT2D eigenvalue weighted by molar-refractivity contribution is 5.97. The Kier molecular flexibility index (Phi) is 5.45. The molecule has 3 aromatic heterocycles. The molecule has 0 bridgehead atoms. The molecular formula is C24H18N4O3. The predicted octanol–water partition coefficient (Wildman–Crippen LogP) is 4.25. The van der Waals surface area contributed by atoms with Gasteiger partial charge in [-0.15, -0.1) is 0 Å². The lowest BCUT2D eigenvalue weighted by Gasteiger charge is -2.05. The van der Waals surface area contributed by atoms with E-state index >= 15 is 0 Å². The van der Waals surface area contributed by atoms with E-state index in [0.29, 0.717) is 23.6 Å². The molecule has 4 aromatic rings. The summed E-state index contributed by atoms with van der Waals surface area (Å²) in [6.07, 6.45) is 7.23. The summed E-state index contributed by atoms with van der Waals surface area (Å²) >= 11 is 0. The molecule has 1 N–H and O–H groups in total. The maximum atomic E-state index is 11.1. The van der Waals surface area contributed by atoms with Crippen molar-refractivity contribution in [3.05, 3.63) is 89.4 Å². The Balaban J connectivity index is 1.73. The van der Waals surface area contributed by atoms with Crippen molar-refractivity contribution in [2.45, 2.75) is 6.54 Å². The van der Waals surface area contributed by atoms with Crippen LogP contribution in [0.3, 0.4) is 0 Å². The predicted molar refractivity (Wildman–Crippen MR) is 117 cm³/mol. The van der Waals surface area contributed by atoms with Crippen LogP contribution in [0.2, 0.25) is 0 Å². The molecule has 0 saturated heterocycles. The van der Waals surface area contributed by atoms with Gasteiger partial charge >= 0.3 is 5.97 Å². The highest BCUT2D eigenvalue weighted by Gasteiger charge is 2.11. The number of methoxy groups -OCH3 is 1. The number of carbonyl (C=O) groups is 1. The number of aromatic nitrogens is 3. The number of aromatic carboxylic acids is 1. The minimum Gasteiger partial charge on any atom is -0.481 e. The van der Waals surface area contributed by atoms with E-state index in [9.17, 15) is 10.1 Å². The second kappa shape index (κ2) is 8.51. The molecule has 4 rings (SSSR count). The van der Waals surface area contributed by atoms with Crippen LogP contribution < -0.4 is 4.74 Å². The highest BCUT2D eigenvalue weighted by Crippen LogP contribution is 2.26. The first kappa shape index (κ1) is 19.9. The van der Waals surface area contributed by atoms with E-state index in [1.807, 2.05) is 35.0 Å². The van der Waals surface area contributed by atoms with Gasteiger partial charge in [0, 0.05) is 35.6 Å². The summed E-state index contributed by atoms with van der Waals surface area (Å²) in [5, 5.41) is 19.7. The van der Waals surface area contributed by atoms with Gasteiger partial charge in [-0.05, 0) is 41.5 Å². The van der Waals surface area contributed by atoms with Crippen LogP contribution >= 0.6 is 0 Å². The van der Waals surface area contributed by atoms with Gasteiger partial charge in [0.1, 0.15) is 5.65 Å². The van der Waals surface area contributed by atoms with Crippen LogP contribution in [0.5, 0.6) is 5.88 Å². The van der Waals surface area contributed by atoms with Crippen molar-refractivity contribution in [2.24, 2.45) is 0 Å². The lowest BCUT2D eigenvalue weighted by Crippen LogP contribution is -2.00. The number of fused-ring (bicyclic) bond motifs is 1. The molecule has 0 atom stereocenters. The average molecular weight is 410 g/mol. The van der Waals surface area contributed by atoms with Gasteiger partial charge < -0.3 is 14.4 Å². The van der Waals surface area contributed by atoms with Crippen LogP contribution in [0, 0.1) is 11.3 Å². The van der Waals surface area contributed by atoms with Gasteiger partial charge in [-0.25, -0.2) is 14.8 Å². The van der Waals surface area contributed by atoms with Gasteiger partial charge in [0.15, 0.2) is 0 Å². The van der Waals surface area contributed by atoms with E-state index in [-0.39, 0.29) is 5.56 Å². The maximum absolute atomic E-state index is 11.1. The number of ether oxygens (including phenoxy) is 1. The Morgan fingerprint density at radius 3 is 2.58 bits per heavy atom. The van der Waals surface area contributed by atoms with Crippen molar-refractivity contribution in [1.82, 2.24) is 14.5 Å². The van der Waals surface area contributed by atoms with Crippen molar-refractivity contribution in [1.29, 1.82) is 5.26 Å². The fraction of sp³-hybridized carbons (Fsp3) is 0.0833. The number of nitriles is 1. The second-order valence-electron chi connectivity index (χ2n) is 6.85. The molecule has 7 heteroatoms. The molecule has 0 saturated carbocycles. The summed E-state index contributed by atoms with van der Waals surface area (Å²) in [6.45, 7) is 0.563. The zero-order chi connectivity index (χ0) is 21.8. The molecule has 0 amide bonds. The normalized spacial score (nSPS) is 11.3. The number of pyridine rings is 2. The Hall–Kier alpha value is -4.44. The van der Waals surface area contributed by atoms with Crippen LogP contribution in [-0.4, -0.2) is 32.7 Å². The van der Waals surface area contributed by atoms with Gasteiger partial charge in [-0.3, -0.25) is 0 Å². The van der Waals surface area contributed by atoms with Crippen molar-refractivity contribution in [3.8, 4) is 11.9 Å². The van der Waals surface area contributed by atoms with E-state index in [1.54, 1.807) is 37.7 Å². The fourth-order valence-electron chi connectivity index (χ4n) is 3.34. The highest BCUT2D eigenvalue weighted by atomic mass is 16.5.